The molecule has 1 N–H and O–H groups in total. The van der Waals surface area contributed by atoms with Gasteiger partial charge < -0.3 is 19.5 Å². The summed E-state index contributed by atoms with van der Waals surface area (Å²) in [5.74, 6) is 0.969. The molecule has 1 heterocycles. The number of anilines is 1. The van der Waals surface area contributed by atoms with Crippen molar-refractivity contribution in [1.29, 1.82) is 0 Å². The number of halogens is 3. The van der Waals surface area contributed by atoms with Crippen LogP contribution in [0, 0.1) is 0 Å². The van der Waals surface area contributed by atoms with Crippen molar-refractivity contribution in [2.24, 2.45) is 0 Å². The van der Waals surface area contributed by atoms with Gasteiger partial charge in [0, 0.05) is 10.7 Å². The fourth-order valence-corrected chi connectivity index (χ4v) is 3.13. The summed E-state index contributed by atoms with van der Waals surface area (Å²) in [6, 6.07) is 16.3. The van der Waals surface area contributed by atoms with Gasteiger partial charge in [0.15, 0.2) is 12.4 Å². The fourth-order valence-electron chi connectivity index (χ4n) is 2.97. The molecule has 0 spiro atoms. The summed E-state index contributed by atoms with van der Waals surface area (Å²) in [5, 5.41) is 3.24. The molecule has 4 aromatic rings. The second-order valence-electron chi connectivity index (χ2n) is 7.20. The van der Waals surface area contributed by atoms with Gasteiger partial charge in [0.2, 0.25) is 5.88 Å². The van der Waals surface area contributed by atoms with Gasteiger partial charge in [0.05, 0.1) is 17.2 Å². The number of aromatic nitrogens is 2. The average molecular weight is 498 g/mol. The molecule has 1 amide bonds. The van der Waals surface area contributed by atoms with E-state index in [0.717, 1.165) is 0 Å². The van der Waals surface area contributed by atoms with E-state index < -0.39 is 18.0 Å². The average Bonchev–Trinajstić information content (AvgIpc) is 2.86. The van der Waals surface area contributed by atoms with Gasteiger partial charge in [-0.25, -0.2) is 14.4 Å². The predicted octanol–water partition coefficient (Wildman–Crippen LogP) is 6.60. The van der Waals surface area contributed by atoms with E-state index in [1.54, 1.807) is 49.4 Å². The Balaban J connectivity index is 1.32. The minimum Gasteiger partial charge on any atom is -0.481 e. The molecule has 10 heteroatoms. The maximum absolute atomic E-state index is 12.8. The zero-order valence-electron chi connectivity index (χ0n) is 18.2. The minimum absolute atomic E-state index is 0.0834. The molecular formula is C25H18ClF2N3O4. The summed E-state index contributed by atoms with van der Waals surface area (Å²) in [6.07, 6.45) is 0.395. The first-order valence-electron chi connectivity index (χ1n) is 10.3. The second-order valence-corrected chi connectivity index (χ2v) is 7.64. The van der Waals surface area contributed by atoms with E-state index in [4.69, 9.17) is 21.1 Å². The number of nitrogens with zero attached hydrogens (tertiary/aromatic N) is 2. The molecule has 0 aliphatic rings. The summed E-state index contributed by atoms with van der Waals surface area (Å²) in [5.41, 5.74) is 1.75. The standard InChI is InChI=1S/C25H18ClF2N3O4/c1-15(25(32)30-17-3-5-19(6-4-17)34-23(28)13-27)33-18-7-9-20(10-8-18)35-24-14-29-22-12-16(26)2-11-21(22)31-24/h2-15H,1H3,(H,30,32). The normalized spacial score (nSPS) is 12.2. The van der Waals surface area contributed by atoms with Crippen molar-refractivity contribution in [3.05, 3.63) is 90.3 Å². The van der Waals surface area contributed by atoms with Crippen molar-refractivity contribution in [3.63, 3.8) is 0 Å². The molecule has 1 atom stereocenters. The Labute approximate surface area is 203 Å². The first kappa shape index (κ1) is 23.9. The van der Waals surface area contributed by atoms with E-state index in [1.807, 2.05) is 0 Å². The number of amides is 1. The number of ether oxygens (including phenoxy) is 3. The van der Waals surface area contributed by atoms with Crippen molar-refractivity contribution in [2.75, 3.05) is 5.32 Å². The maximum atomic E-state index is 12.8. The monoisotopic (exact) mass is 497 g/mol. The molecule has 0 aliphatic heterocycles. The van der Waals surface area contributed by atoms with Crippen LogP contribution in [0.25, 0.3) is 11.0 Å². The SMILES string of the molecule is CC(Oc1ccc(Oc2cnc3cc(Cl)ccc3n2)cc1)C(=O)Nc1ccc(OC(F)=CF)cc1. The van der Waals surface area contributed by atoms with Crippen molar-refractivity contribution in [1.82, 2.24) is 9.97 Å². The van der Waals surface area contributed by atoms with E-state index in [2.05, 4.69) is 20.0 Å². The van der Waals surface area contributed by atoms with Gasteiger partial charge in [-0.05, 0) is 73.7 Å². The number of carbonyl (C=O) groups is 1. The number of hydrogen-bond donors (Lipinski definition) is 1. The lowest BCUT2D eigenvalue weighted by Gasteiger charge is -2.15. The van der Waals surface area contributed by atoms with Crippen molar-refractivity contribution >= 4 is 34.2 Å². The topological polar surface area (TPSA) is 82.6 Å². The van der Waals surface area contributed by atoms with Crippen LogP contribution in [0.1, 0.15) is 6.92 Å². The maximum Gasteiger partial charge on any atom is 0.306 e. The van der Waals surface area contributed by atoms with E-state index in [0.29, 0.717) is 39.1 Å². The Bertz CT molecular complexity index is 1370. The molecule has 1 unspecified atom stereocenters. The first-order chi connectivity index (χ1) is 16.9. The van der Waals surface area contributed by atoms with Gasteiger partial charge >= 0.3 is 6.01 Å². The highest BCUT2D eigenvalue weighted by atomic mass is 35.5. The lowest BCUT2D eigenvalue weighted by atomic mass is 10.2. The van der Waals surface area contributed by atoms with Gasteiger partial charge in [-0.2, -0.15) is 4.39 Å². The molecule has 0 saturated carbocycles. The molecule has 178 valence electrons. The Morgan fingerprint density at radius 3 is 2.40 bits per heavy atom. The fraction of sp³-hybridized carbons (Fsp3) is 0.0800. The molecular weight excluding hydrogens is 480 g/mol. The summed E-state index contributed by atoms with van der Waals surface area (Å²) < 4.78 is 40.8. The summed E-state index contributed by atoms with van der Waals surface area (Å²) in [6.45, 7) is 1.59. The number of nitrogens with one attached hydrogen (secondary N) is 1. The third-order valence-electron chi connectivity index (χ3n) is 4.63. The van der Waals surface area contributed by atoms with Crippen molar-refractivity contribution in [2.45, 2.75) is 13.0 Å². The molecule has 0 fully saturated rings. The van der Waals surface area contributed by atoms with E-state index in [9.17, 15) is 13.6 Å². The zero-order chi connectivity index (χ0) is 24.8. The van der Waals surface area contributed by atoms with Crippen LogP contribution in [0.3, 0.4) is 0 Å². The van der Waals surface area contributed by atoms with Crippen LogP contribution < -0.4 is 19.5 Å². The lowest BCUT2D eigenvalue weighted by Crippen LogP contribution is -2.30. The largest absolute Gasteiger partial charge is 0.481 e. The third kappa shape index (κ3) is 6.42. The summed E-state index contributed by atoms with van der Waals surface area (Å²) >= 11 is 5.96. The van der Waals surface area contributed by atoms with Gasteiger partial charge in [0.25, 0.3) is 5.91 Å². The first-order valence-corrected chi connectivity index (χ1v) is 10.7. The molecule has 4 rings (SSSR count). The molecule has 0 aliphatic carbocycles. The Morgan fingerprint density at radius 2 is 1.69 bits per heavy atom. The quantitative estimate of drug-likeness (QED) is 0.276. The molecule has 0 radical (unpaired) electrons. The number of carbonyl (C=O) groups excluding carboxylic acids is 1. The van der Waals surface area contributed by atoms with Crippen LogP contribution in [0.15, 0.2) is 85.3 Å². The molecule has 0 bridgehead atoms. The van der Waals surface area contributed by atoms with Crippen LogP contribution in [0.5, 0.6) is 23.1 Å². The van der Waals surface area contributed by atoms with E-state index in [1.165, 1.54) is 30.5 Å². The summed E-state index contributed by atoms with van der Waals surface area (Å²) in [7, 11) is 0. The van der Waals surface area contributed by atoms with E-state index >= 15 is 0 Å². The second kappa shape index (κ2) is 10.8. The molecule has 3 aromatic carbocycles. The Kier molecular flexibility index (Phi) is 7.37. The Hall–Kier alpha value is -4.24. The van der Waals surface area contributed by atoms with Crippen LogP contribution in [0.4, 0.5) is 14.5 Å². The van der Waals surface area contributed by atoms with Crippen molar-refractivity contribution < 1.29 is 27.8 Å². The van der Waals surface area contributed by atoms with Crippen LogP contribution in [-0.4, -0.2) is 22.0 Å². The third-order valence-corrected chi connectivity index (χ3v) is 4.87. The number of fused-ring (bicyclic) bond motifs is 1. The minimum atomic E-state index is -1.37. The summed E-state index contributed by atoms with van der Waals surface area (Å²) in [4.78, 5) is 21.1. The number of hydrogen-bond acceptors (Lipinski definition) is 6. The van der Waals surface area contributed by atoms with Gasteiger partial charge in [-0.15, -0.1) is 0 Å². The van der Waals surface area contributed by atoms with Crippen molar-refractivity contribution in [3.8, 4) is 23.1 Å². The number of benzene rings is 3. The molecule has 1 aromatic heterocycles. The van der Waals surface area contributed by atoms with Gasteiger partial charge in [-0.1, -0.05) is 11.6 Å². The van der Waals surface area contributed by atoms with Crippen LogP contribution in [0.2, 0.25) is 5.02 Å². The lowest BCUT2D eigenvalue weighted by molar-refractivity contribution is -0.122. The van der Waals surface area contributed by atoms with Gasteiger partial charge in [0.1, 0.15) is 17.2 Å². The Morgan fingerprint density at radius 1 is 1.00 bits per heavy atom. The molecule has 0 saturated heterocycles. The smallest absolute Gasteiger partial charge is 0.306 e. The highest BCUT2D eigenvalue weighted by Crippen LogP contribution is 2.25. The van der Waals surface area contributed by atoms with Crippen LogP contribution in [-0.2, 0) is 4.79 Å². The van der Waals surface area contributed by atoms with Crippen LogP contribution >= 0.6 is 11.6 Å². The number of rotatable bonds is 8. The van der Waals surface area contributed by atoms with Gasteiger partial charge in [-0.3, -0.25) is 4.79 Å². The highest BCUT2D eigenvalue weighted by molar-refractivity contribution is 6.31. The molecule has 7 nitrogen and oxygen atoms in total. The molecule has 35 heavy (non-hydrogen) atoms. The zero-order valence-corrected chi connectivity index (χ0v) is 19.0. The predicted molar refractivity (Wildman–Crippen MR) is 127 cm³/mol. The highest BCUT2D eigenvalue weighted by Gasteiger charge is 2.15. The van der Waals surface area contributed by atoms with E-state index in [-0.39, 0.29) is 12.1 Å².